The van der Waals surface area contributed by atoms with Gasteiger partial charge in [0, 0.05) is 0 Å². The summed E-state index contributed by atoms with van der Waals surface area (Å²) in [7, 11) is -2.92. The summed E-state index contributed by atoms with van der Waals surface area (Å²) in [6.45, 7) is 6.40. The third-order valence-electron chi connectivity index (χ3n) is 4.25. The molecule has 1 aliphatic rings. The highest BCUT2D eigenvalue weighted by atomic mass is 32.2. The van der Waals surface area contributed by atoms with Gasteiger partial charge in [-0.1, -0.05) is 19.8 Å². The van der Waals surface area contributed by atoms with Crippen LogP contribution in [0.5, 0.6) is 0 Å². The lowest BCUT2D eigenvalue weighted by Crippen LogP contribution is -2.37. The number of nitrogens with two attached hydrogens (primary N) is 1. The maximum atomic E-state index is 11.9. The van der Waals surface area contributed by atoms with E-state index in [-0.39, 0.29) is 10.7 Å². The Morgan fingerprint density at radius 2 is 2.06 bits per heavy atom. The monoisotopic (exact) mass is 261 g/mol. The summed E-state index contributed by atoms with van der Waals surface area (Å²) in [5.74, 6) is 0.989. The summed E-state index contributed by atoms with van der Waals surface area (Å²) in [4.78, 5) is 0. The quantitative estimate of drug-likeness (QED) is 0.826. The summed E-state index contributed by atoms with van der Waals surface area (Å²) in [6.07, 6.45) is 5.39. The lowest BCUT2D eigenvalue weighted by molar-refractivity contribution is 0.149. The van der Waals surface area contributed by atoms with Crippen molar-refractivity contribution >= 4 is 9.84 Å². The van der Waals surface area contributed by atoms with Crippen LogP contribution >= 0.6 is 0 Å². The fourth-order valence-corrected chi connectivity index (χ4v) is 4.07. The first-order valence-corrected chi connectivity index (χ1v) is 8.44. The molecule has 0 bridgehead atoms. The van der Waals surface area contributed by atoms with Gasteiger partial charge in [0.1, 0.15) is 0 Å². The molecular formula is C13H27NO2S. The van der Waals surface area contributed by atoms with Crippen LogP contribution in [-0.2, 0) is 9.84 Å². The third kappa shape index (κ3) is 3.95. The molecule has 0 aromatic heterocycles. The van der Waals surface area contributed by atoms with E-state index in [2.05, 4.69) is 6.92 Å². The molecule has 0 aliphatic heterocycles. The minimum atomic E-state index is -2.92. The van der Waals surface area contributed by atoms with E-state index in [9.17, 15) is 8.42 Å². The van der Waals surface area contributed by atoms with Crippen LogP contribution in [0, 0.1) is 11.3 Å². The molecule has 17 heavy (non-hydrogen) atoms. The van der Waals surface area contributed by atoms with Gasteiger partial charge in [0.25, 0.3) is 0 Å². The normalized spacial score (nSPS) is 30.8. The van der Waals surface area contributed by atoms with E-state index in [1.165, 1.54) is 12.8 Å². The Morgan fingerprint density at radius 3 is 2.53 bits per heavy atom. The molecular weight excluding hydrogens is 234 g/mol. The summed E-state index contributed by atoms with van der Waals surface area (Å²) in [5.41, 5.74) is 5.99. The van der Waals surface area contributed by atoms with E-state index in [1.54, 1.807) is 13.8 Å². The molecule has 0 aromatic carbocycles. The first-order valence-electron chi connectivity index (χ1n) is 6.73. The lowest BCUT2D eigenvalue weighted by Gasteiger charge is -2.39. The van der Waals surface area contributed by atoms with Crippen molar-refractivity contribution in [2.75, 3.05) is 12.3 Å². The Kier molecular flexibility index (Phi) is 5.02. The van der Waals surface area contributed by atoms with Gasteiger partial charge in [0.15, 0.2) is 9.84 Å². The zero-order chi connectivity index (χ0) is 13.1. The highest BCUT2D eigenvalue weighted by Crippen LogP contribution is 2.41. The van der Waals surface area contributed by atoms with Gasteiger partial charge >= 0.3 is 0 Å². The van der Waals surface area contributed by atoms with Gasteiger partial charge in [-0.15, -0.1) is 0 Å². The van der Waals surface area contributed by atoms with Crippen LogP contribution in [0.15, 0.2) is 0 Å². The van der Waals surface area contributed by atoms with Crippen LogP contribution in [0.3, 0.4) is 0 Å². The van der Waals surface area contributed by atoms with Gasteiger partial charge in [0.05, 0.1) is 11.0 Å². The topological polar surface area (TPSA) is 60.2 Å². The summed E-state index contributed by atoms with van der Waals surface area (Å²) < 4.78 is 23.7. The Morgan fingerprint density at radius 1 is 1.41 bits per heavy atom. The summed E-state index contributed by atoms with van der Waals surface area (Å²) in [6, 6.07) is 0. The molecule has 0 heterocycles. The molecule has 0 saturated heterocycles. The molecule has 0 aromatic rings. The number of sulfone groups is 1. The highest BCUT2D eigenvalue weighted by molar-refractivity contribution is 7.91. The largest absolute Gasteiger partial charge is 0.330 e. The van der Waals surface area contributed by atoms with Crippen molar-refractivity contribution in [2.24, 2.45) is 17.1 Å². The maximum absolute atomic E-state index is 11.9. The van der Waals surface area contributed by atoms with Crippen molar-refractivity contribution in [1.82, 2.24) is 0 Å². The predicted molar refractivity (Wildman–Crippen MR) is 72.7 cm³/mol. The van der Waals surface area contributed by atoms with E-state index in [4.69, 9.17) is 5.73 Å². The molecule has 102 valence electrons. The highest BCUT2D eigenvalue weighted by Gasteiger charge is 2.35. The fraction of sp³-hybridized carbons (Fsp3) is 1.00. The predicted octanol–water partition coefficient (Wildman–Crippen LogP) is 2.35. The van der Waals surface area contributed by atoms with E-state index in [0.717, 1.165) is 19.3 Å². The van der Waals surface area contributed by atoms with Gasteiger partial charge < -0.3 is 5.73 Å². The third-order valence-corrected chi connectivity index (χ3v) is 6.46. The van der Waals surface area contributed by atoms with Gasteiger partial charge in [-0.05, 0) is 51.0 Å². The van der Waals surface area contributed by atoms with Crippen LogP contribution < -0.4 is 5.73 Å². The van der Waals surface area contributed by atoms with E-state index in [0.29, 0.717) is 18.2 Å². The van der Waals surface area contributed by atoms with Gasteiger partial charge in [-0.25, -0.2) is 8.42 Å². The minimum absolute atomic E-state index is 0.0830. The number of hydrogen-bond donors (Lipinski definition) is 1. The van der Waals surface area contributed by atoms with Crippen molar-refractivity contribution in [3.05, 3.63) is 0 Å². The number of hydrogen-bond acceptors (Lipinski definition) is 3. The van der Waals surface area contributed by atoms with Gasteiger partial charge in [-0.2, -0.15) is 0 Å². The molecule has 2 N–H and O–H groups in total. The van der Waals surface area contributed by atoms with Crippen molar-refractivity contribution in [3.63, 3.8) is 0 Å². The summed E-state index contributed by atoms with van der Waals surface area (Å²) in [5, 5.41) is -0.265. The average molecular weight is 261 g/mol. The molecule has 1 saturated carbocycles. The SMILES string of the molecule is CC1CCCC(CN)(CCS(=O)(=O)C(C)C)C1. The van der Waals surface area contributed by atoms with E-state index in [1.807, 2.05) is 0 Å². The van der Waals surface area contributed by atoms with Crippen molar-refractivity contribution < 1.29 is 8.42 Å². The second-order valence-electron chi connectivity index (χ2n) is 6.07. The molecule has 0 amide bonds. The van der Waals surface area contributed by atoms with Crippen molar-refractivity contribution in [1.29, 1.82) is 0 Å². The van der Waals surface area contributed by atoms with Crippen LogP contribution in [0.25, 0.3) is 0 Å². The van der Waals surface area contributed by atoms with Crippen LogP contribution in [0.2, 0.25) is 0 Å². The Hall–Kier alpha value is -0.0900. The maximum Gasteiger partial charge on any atom is 0.152 e. The Balaban J connectivity index is 2.64. The van der Waals surface area contributed by atoms with Crippen LogP contribution in [0.4, 0.5) is 0 Å². The Bertz CT molecular complexity index is 337. The first kappa shape index (κ1) is 15.0. The fourth-order valence-electron chi connectivity index (χ4n) is 2.88. The summed E-state index contributed by atoms with van der Waals surface area (Å²) >= 11 is 0. The van der Waals surface area contributed by atoms with E-state index < -0.39 is 9.84 Å². The zero-order valence-electron chi connectivity index (χ0n) is 11.4. The molecule has 2 unspecified atom stereocenters. The lowest BCUT2D eigenvalue weighted by atomic mass is 9.68. The van der Waals surface area contributed by atoms with Crippen LogP contribution in [0.1, 0.15) is 52.9 Å². The Labute approximate surface area is 106 Å². The molecule has 3 nitrogen and oxygen atoms in total. The first-order chi connectivity index (χ1) is 7.81. The number of rotatable bonds is 5. The molecule has 0 radical (unpaired) electrons. The second-order valence-corrected chi connectivity index (χ2v) is 8.75. The molecule has 1 fully saturated rings. The van der Waals surface area contributed by atoms with E-state index >= 15 is 0 Å². The van der Waals surface area contributed by atoms with Crippen molar-refractivity contribution in [3.8, 4) is 0 Å². The van der Waals surface area contributed by atoms with Crippen molar-refractivity contribution in [2.45, 2.75) is 58.1 Å². The average Bonchev–Trinajstić information content (AvgIpc) is 2.26. The zero-order valence-corrected chi connectivity index (χ0v) is 12.2. The molecule has 4 heteroatoms. The van der Waals surface area contributed by atoms with Crippen LogP contribution in [-0.4, -0.2) is 26.0 Å². The smallest absolute Gasteiger partial charge is 0.152 e. The molecule has 1 aliphatic carbocycles. The molecule has 2 atom stereocenters. The van der Waals surface area contributed by atoms with Gasteiger partial charge in [0.2, 0.25) is 0 Å². The second kappa shape index (κ2) is 5.70. The van der Waals surface area contributed by atoms with Gasteiger partial charge in [-0.3, -0.25) is 0 Å². The minimum Gasteiger partial charge on any atom is -0.330 e. The molecule has 1 rings (SSSR count). The standard InChI is InChI=1S/C13H27NO2S/c1-11(2)17(15,16)8-7-13(10-14)6-4-5-12(3)9-13/h11-12H,4-10,14H2,1-3H3. The molecule has 0 spiro atoms.